The van der Waals surface area contributed by atoms with Crippen LogP contribution in [0.2, 0.25) is 5.02 Å². The summed E-state index contributed by atoms with van der Waals surface area (Å²) < 4.78 is 0. The lowest BCUT2D eigenvalue weighted by molar-refractivity contribution is -0.140. The monoisotopic (exact) mass is 363 g/mol. The molecule has 25 heavy (non-hydrogen) atoms. The van der Waals surface area contributed by atoms with Gasteiger partial charge in [0.05, 0.1) is 19.0 Å². The summed E-state index contributed by atoms with van der Waals surface area (Å²) in [5.74, 6) is -0.513. The number of halogens is 1. The number of rotatable bonds is 6. The maximum absolute atomic E-state index is 12.6. The summed E-state index contributed by atoms with van der Waals surface area (Å²) in [5.41, 5.74) is 1.56. The van der Waals surface area contributed by atoms with Crippen molar-refractivity contribution in [2.75, 3.05) is 18.4 Å². The maximum Gasteiger partial charge on any atom is 0.247 e. The summed E-state index contributed by atoms with van der Waals surface area (Å²) in [4.78, 5) is 40.2. The van der Waals surface area contributed by atoms with Crippen LogP contribution in [-0.4, -0.2) is 52.7 Å². The van der Waals surface area contributed by atoms with Gasteiger partial charge in [-0.05, 0) is 44.0 Å². The molecule has 0 bridgehead atoms. The van der Waals surface area contributed by atoms with Gasteiger partial charge < -0.3 is 5.32 Å². The fourth-order valence-corrected chi connectivity index (χ4v) is 3.35. The minimum absolute atomic E-state index is 0.0602. The van der Waals surface area contributed by atoms with Gasteiger partial charge in [0.25, 0.3) is 0 Å². The standard InChI is InChI=1S/C18H22ClN3O3/c1-3-21(15-9-17(24)22(18(15)25)13-6-7-13)10-16(23)20-14-8-12(19)5-4-11(14)2/h4-5,8,13,15H,3,6-7,9-10H2,1-2H3,(H,20,23)/t15-/m1/s1. The van der Waals surface area contributed by atoms with E-state index in [1.807, 2.05) is 19.9 Å². The van der Waals surface area contributed by atoms with Crippen LogP contribution in [0.1, 0.15) is 31.7 Å². The average molecular weight is 364 g/mol. The number of hydrogen-bond donors (Lipinski definition) is 1. The van der Waals surface area contributed by atoms with Crippen LogP contribution in [0, 0.1) is 6.92 Å². The van der Waals surface area contributed by atoms with E-state index in [4.69, 9.17) is 11.6 Å². The minimum atomic E-state index is -0.538. The van der Waals surface area contributed by atoms with E-state index in [9.17, 15) is 14.4 Å². The van der Waals surface area contributed by atoms with Crippen LogP contribution in [0.15, 0.2) is 18.2 Å². The zero-order chi connectivity index (χ0) is 18.1. The first kappa shape index (κ1) is 17.9. The normalized spacial score (nSPS) is 20.5. The lowest BCUT2D eigenvalue weighted by Crippen LogP contribution is -2.45. The quantitative estimate of drug-likeness (QED) is 0.787. The van der Waals surface area contributed by atoms with Crippen LogP contribution in [0.4, 0.5) is 5.69 Å². The molecule has 2 fully saturated rings. The highest BCUT2D eigenvalue weighted by atomic mass is 35.5. The maximum atomic E-state index is 12.6. The Hall–Kier alpha value is -1.92. The summed E-state index contributed by atoms with van der Waals surface area (Å²) in [5, 5.41) is 3.38. The van der Waals surface area contributed by atoms with Gasteiger partial charge in [0, 0.05) is 16.8 Å². The number of benzene rings is 1. The molecule has 1 aliphatic heterocycles. The highest BCUT2D eigenvalue weighted by molar-refractivity contribution is 6.31. The van der Waals surface area contributed by atoms with Crippen molar-refractivity contribution in [3.8, 4) is 0 Å². The minimum Gasteiger partial charge on any atom is -0.325 e. The van der Waals surface area contributed by atoms with Gasteiger partial charge in [-0.25, -0.2) is 0 Å². The zero-order valence-electron chi connectivity index (χ0n) is 14.4. The fraction of sp³-hybridized carbons (Fsp3) is 0.500. The van der Waals surface area contributed by atoms with E-state index in [1.54, 1.807) is 17.0 Å². The second kappa shape index (κ2) is 7.14. The van der Waals surface area contributed by atoms with E-state index in [2.05, 4.69) is 5.32 Å². The van der Waals surface area contributed by atoms with Gasteiger partial charge in [0.15, 0.2) is 0 Å². The number of imide groups is 1. The Balaban J connectivity index is 1.65. The fourth-order valence-electron chi connectivity index (χ4n) is 3.18. The van der Waals surface area contributed by atoms with Crippen molar-refractivity contribution < 1.29 is 14.4 Å². The van der Waals surface area contributed by atoms with Crippen LogP contribution in [0.5, 0.6) is 0 Å². The van der Waals surface area contributed by atoms with Gasteiger partial charge in [-0.15, -0.1) is 0 Å². The number of carbonyl (C=O) groups is 3. The van der Waals surface area contributed by atoms with E-state index in [0.29, 0.717) is 17.3 Å². The Labute approximate surface area is 152 Å². The molecule has 1 aromatic rings. The van der Waals surface area contributed by atoms with Crippen molar-refractivity contribution in [2.45, 2.75) is 45.2 Å². The van der Waals surface area contributed by atoms with Gasteiger partial charge in [0.1, 0.15) is 0 Å². The lowest BCUT2D eigenvalue weighted by atomic mass is 10.2. The van der Waals surface area contributed by atoms with Crippen molar-refractivity contribution in [2.24, 2.45) is 0 Å². The summed E-state index contributed by atoms with van der Waals surface area (Å²) in [6.07, 6.45) is 1.95. The topological polar surface area (TPSA) is 69.7 Å². The van der Waals surface area contributed by atoms with E-state index >= 15 is 0 Å². The molecular weight excluding hydrogens is 342 g/mol. The molecular formula is C18H22ClN3O3. The second-order valence-corrected chi connectivity index (χ2v) is 7.06. The highest BCUT2D eigenvalue weighted by Crippen LogP contribution is 2.32. The first-order chi connectivity index (χ1) is 11.9. The molecule has 0 spiro atoms. The number of likely N-dealkylation sites (N-methyl/N-ethyl adjacent to an activating group) is 1. The molecule has 1 N–H and O–H groups in total. The number of amides is 3. The van der Waals surface area contributed by atoms with E-state index in [0.717, 1.165) is 18.4 Å². The lowest BCUT2D eigenvalue weighted by Gasteiger charge is -2.25. The molecule has 7 heteroatoms. The van der Waals surface area contributed by atoms with Crippen molar-refractivity contribution >= 4 is 35.0 Å². The first-order valence-electron chi connectivity index (χ1n) is 8.56. The Bertz CT molecular complexity index is 718. The number of hydrogen-bond acceptors (Lipinski definition) is 4. The van der Waals surface area contributed by atoms with Gasteiger partial charge in [0.2, 0.25) is 17.7 Å². The Morgan fingerprint density at radius 3 is 2.72 bits per heavy atom. The largest absolute Gasteiger partial charge is 0.325 e. The Morgan fingerprint density at radius 1 is 1.36 bits per heavy atom. The molecule has 1 aromatic carbocycles. The smallest absolute Gasteiger partial charge is 0.247 e. The number of likely N-dealkylation sites (tertiary alicyclic amines) is 1. The second-order valence-electron chi connectivity index (χ2n) is 6.62. The van der Waals surface area contributed by atoms with Crippen LogP contribution in [0.3, 0.4) is 0 Å². The molecule has 1 atom stereocenters. The summed E-state index contributed by atoms with van der Waals surface area (Å²) in [6.45, 7) is 4.35. The van der Waals surface area contributed by atoms with E-state index in [-0.39, 0.29) is 36.7 Å². The highest BCUT2D eigenvalue weighted by Gasteiger charge is 2.47. The third-order valence-electron chi connectivity index (χ3n) is 4.74. The number of carbonyl (C=O) groups excluding carboxylic acids is 3. The number of nitrogens with one attached hydrogen (secondary N) is 1. The molecule has 0 aromatic heterocycles. The van der Waals surface area contributed by atoms with Gasteiger partial charge >= 0.3 is 0 Å². The Kier molecular flexibility index (Phi) is 5.11. The SMILES string of the molecule is CCN(CC(=O)Nc1cc(Cl)ccc1C)[C@@H]1CC(=O)N(C2CC2)C1=O. The molecule has 1 heterocycles. The number of nitrogens with zero attached hydrogens (tertiary/aromatic N) is 2. The van der Waals surface area contributed by atoms with Crippen LogP contribution in [0.25, 0.3) is 0 Å². The van der Waals surface area contributed by atoms with Crippen molar-refractivity contribution in [3.05, 3.63) is 28.8 Å². The predicted molar refractivity (Wildman–Crippen MR) is 95.3 cm³/mol. The van der Waals surface area contributed by atoms with E-state index in [1.165, 1.54) is 4.90 Å². The summed E-state index contributed by atoms with van der Waals surface area (Å²) in [6, 6.07) is 4.84. The van der Waals surface area contributed by atoms with Crippen LogP contribution >= 0.6 is 11.6 Å². The molecule has 3 amide bonds. The Morgan fingerprint density at radius 2 is 2.08 bits per heavy atom. The molecule has 1 saturated heterocycles. The molecule has 3 rings (SSSR count). The van der Waals surface area contributed by atoms with Crippen LogP contribution < -0.4 is 5.32 Å². The van der Waals surface area contributed by atoms with Crippen molar-refractivity contribution in [3.63, 3.8) is 0 Å². The van der Waals surface area contributed by atoms with Crippen molar-refractivity contribution in [1.29, 1.82) is 0 Å². The van der Waals surface area contributed by atoms with Crippen molar-refractivity contribution in [1.82, 2.24) is 9.80 Å². The molecule has 0 radical (unpaired) electrons. The molecule has 0 unspecified atom stereocenters. The summed E-state index contributed by atoms with van der Waals surface area (Å²) >= 11 is 5.97. The van der Waals surface area contributed by atoms with Crippen LogP contribution in [-0.2, 0) is 14.4 Å². The summed E-state index contributed by atoms with van der Waals surface area (Å²) in [7, 11) is 0. The first-order valence-corrected chi connectivity index (χ1v) is 8.94. The zero-order valence-corrected chi connectivity index (χ0v) is 15.2. The third kappa shape index (κ3) is 3.85. The van der Waals surface area contributed by atoms with Gasteiger partial charge in [-0.3, -0.25) is 24.2 Å². The number of anilines is 1. The molecule has 1 saturated carbocycles. The molecule has 6 nitrogen and oxygen atoms in total. The molecule has 1 aliphatic carbocycles. The van der Waals surface area contributed by atoms with Gasteiger partial charge in [-0.2, -0.15) is 0 Å². The predicted octanol–water partition coefficient (Wildman–Crippen LogP) is 2.20. The van der Waals surface area contributed by atoms with Gasteiger partial charge in [-0.1, -0.05) is 24.6 Å². The number of aryl methyl sites for hydroxylation is 1. The molecule has 134 valence electrons. The molecule has 2 aliphatic rings. The average Bonchev–Trinajstić information content (AvgIpc) is 3.34. The third-order valence-corrected chi connectivity index (χ3v) is 4.97. The van der Waals surface area contributed by atoms with E-state index < -0.39 is 6.04 Å².